The molecule has 0 heterocycles. The zero-order valence-electron chi connectivity index (χ0n) is 11.7. The van der Waals surface area contributed by atoms with E-state index in [0.29, 0.717) is 11.8 Å². The number of carbonyl (C=O) groups is 2. The van der Waals surface area contributed by atoms with Gasteiger partial charge in [-0.25, -0.2) is 0 Å². The van der Waals surface area contributed by atoms with Crippen molar-refractivity contribution in [1.82, 2.24) is 0 Å². The van der Waals surface area contributed by atoms with Crippen LogP contribution in [0.15, 0.2) is 29.5 Å². The molecule has 1 aromatic carbocycles. The Hall–Kier alpha value is -2.34. The van der Waals surface area contributed by atoms with Gasteiger partial charge in [0.2, 0.25) is 0 Å². The second-order valence-corrected chi connectivity index (χ2v) is 4.41. The highest BCUT2D eigenvalue weighted by atomic mass is 16.5. The summed E-state index contributed by atoms with van der Waals surface area (Å²) in [6, 6.07) is 4.19. The number of aliphatic hydroxyl groups is 1. The number of ketones is 1. The standard InChI is InChI=1S/C15H18O6/c1-10(18)12(4-6-16)15(5-7-17)21-9-11-2-3-13(19)14(20)8-11/h2-3,7-8,16,19-20H,4-6,9H2,1H3. The molecular weight excluding hydrogens is 276 g/mol. The average Bonchev–Trinajstić information content (AvgIpc) is 2.44. The molecule has 0 aromatic heterocycles. The number of benzene rings is 1. The van der Waals surface area contributed by atoms with Crippen LogP contribution in [0.5, 0.6) is 11.5 Å². The molecule has 0 aliphatic carbocycles. The van der Waals surface area contributed by atoms with E-state index in [-0.39, 0.29) is 54.7 Å². The van der Waals surface area contributed by atoms with Crippen LogP contribution in [0.1, 0.15) is 25.3 Å². The maximum Gasteiger partial charge on any atom is 0.159 e. The minimum Gasteiger partial charge on any atom is -0.504 e. The average molecular weight is 294 g/mol. The van der Waals surface area contributed by atoms with Gasteiger partial charge in [0.1, 0.15) is 18.7 Å². The Morgan fingerprint density at radius 3 is 2.52 bits per heavy atom. The molecule has 114 valence electrons. The molecule has 0 bridgehead atoms. The van der Waals surface area contributed by atoms with E-state index >= 15 is 0 Å². The summed E-state index contributed by atoms with van der Waals surface area (Å²) in [6.45, 7) is 1.14. The normalized spacial score (nSPS) is 11.7. The SMILES string of the molecule is CC(=O)C(CCO)=C(CC=O)OCc1ccc(O)c(O)c1. The monoisotopic (exact) mass is 294 g/mol. The van der Waals surface area contributed by atoms with Crippen molar-refractivity contribution in [3.05, 3.63) is 35.1 Å². The van der Waals surface area contributed by atoms with E-state index in [0.717, 1.165) is 0 Å². The number of phenolic OH excluding ortho intramolecular Hbond substituents is 2. The molecule has 0 amide bonds. The third-order valence-corrected chi connectivity index (χ3v) is 2.84. The molecule has 6 heteroatoms. The van der Waals surface area contributed by atoms with Gasteiger partial charge < -0.3 is 24.9 Å². The largest absolute Gasteiger partial charge is 0.504 e. The number of ether oxygens (including phenoxy) is 1. The summed E-state index contributed by atoms with van der Waals surface area (Å²) in [7, 11) is 0. The van der Waals surface area contributed by atoms with Crippen LogP contribution in [0.4, 0.5) is 0 Å². The van der Waals surface area contributed by atoms with Crippen molar-refractivity contribution in [2.45, 2.75) is 26.4 Å². The Kier molecular flexibility index (Phi) is 6.42. The third kappa shape index (κ3) is 4.92. The second kappa shape index (κ2) is 8.06. The summed E-state index contributed by atoms with van der Waals surface area (Å²) >= 11 is 0. The van der Waals surface area contributed by atoms with Gasteiger partial charge in [0.25, 0.3) is 0 Å². The zero-order valence-corrected chi connectivity index (χ0v) is 11.7. The highest BCUT2D eigenvalue weighted by molar-refractivity contribution is 5.94. The van der Waals surface area contributed by atoms with E-state index in [4.69, 9.17) is 9.84 Å². The smallest absolute Gasteiger partial charge is 0.159 e. The lowest BCUT2D eigenvalue weighted by molar-refractivity contribution is -0.114. The van der Waals surface area contributed by atoms with Crippen LogP contribution in [-0.2, 0) is 20.9 Å². The van der Waals surface area contributed by atoms with Crippen molar-refractivity contribution in [3.63, 3.8) is 0 Å². The van der Waals surface area contributed by atoms with E-state index in [9.17, 15) is 19.8 Å². The number of aliphatic hydroxyl groups excluding tert-OH is 1. The van der Waals surface area contributed by atoms with Gasteiger partial charge in [-0.15, -0.1) is 0 Å². The summed E-state index contributed by atoms with van der Waals surface area (Å²) in [4.78, 5) is 22.2. The van der Waals surface area contributed by atoms with Crippen molar-refractivity contribution < 1.29 is 29.6 Å². The topological polar surface area (TPSA) is 104 Å². The van der Waals surface area contributed by atoms with Gasteiger partial charge in [-0.2, -0.15) is 0 Å². The predicted octanol–water partition coefficient (Wildman–Crippen LogP) is 1.43. The first-order valence-corrected chi connectivity index (χ1v) is 6.40. The van der Waals surface area contributed by atoms with Crippen molar-refractivity contribution in [1.29, 1.82) is 0 Å². The Balaban J connectivity index is 2.91. The molecule has 0 unspecified atom stereocenters. The molecule has 0 fully saturated rings. The fraction of sp³-hybridized carbons (Fsp3) is 0.333. The quantitative estimate of drug-likeness (QED) is 0.290. The van der Waals surface area contributed by atoms with Crippen molar-refractivity contribution in [3.8, 4) is 11.5 Å². The number of Topliss-reactive ketones (excluding diaryl/α,β-unsaturated/α-hetero) is 1. The molecule has 0 spiro atoms. The summed E-state index contributed by atoms with van der Waals surface area (Å²) < 4.78 is 5.46. The number of phenols is 2. The van der Waals surface area contributed by atoms with E-state index in [1.165, 1.54) is 19.1 Å². The zero-order chi connectivity index (χ0) is 15.8. The van der Waals surface area contributed by atoms with Crippen LogP contribution >= 0.6 is 0 Å². The number of aldehydes is 1. The molecule has 0 aliphatic rings. The summed E-state index contributed by atoms with van der Waals surface area (Å²) in [5.74, 6) is -0.583. The van der Waals surface area contributed by atoms with Crippen LogP contribution in [0.3, 0.4) is 0 Å². The molecule has 0 aliphatic heterocycles. The molecule has 0 saturated heterocycles. The van der Waals surface area contributed by atoms with Gasteiger partial charge in [-0.1, -0.05) is 6.07 Å². The van der Waals surface area contributed by atoms with E-state index in [1.54, 1.807) is 6.07 Å². The number of allylic oxidation sites excluding steroid dienone is 1. The second-order valence-electron chi connectivity index (χ2n) is 4.41. The minimum absolute atomic E-state index is 0.0270. The van der Waals surface area contributed by atoms with Gasteiger partial charge in [-0.3, -0.25) is 4.79 Å². The Labute approximate surface area is 122 Å². The molecule has 0 saturated carbocycles. The molecule has 21 heavy (non-hydrogen) atoms. The summed E-state index contributed by atoms with van der Waals surface area (Å²) in [6.07, 6.45) is 0.655. The lowest BCUT2D eigenvalue weighted by Gasteiger charge is -2.13. The third-order valence-electron chi connectivity index (χ3n) is 2.84. The highest BCUT2D eigenvalue weighted by Crippen LogP contribution is 2.26. The molecule has 1 rings (SSSR count). The lowest BCUT2D eigenvalue weighted by atomic mass is 10.1. The fourth-order valence-electron chi connectivity index (χ4n) is 1.80. The van der Waals surface area contributed by atoms with Gasteiger partial charge in [0.15, 0.2) is 17.3 Å². The van der Waals surface area contributed by atoms with Crippen LogP contribution in [0, 0.1) is 0 Å². The fourth-order valence-corrected chi connectivity index (χ4v) is 1.80. The van der Waals surface area contributed by atoms with Gasteiger partial charge in [0, 0.05) is 18.6 Å². The molecule has 6 nitrogen and oxygen atoms in total. The van der Waals surface area contributed by atoms with Crippen molar-refractivity contribution in [2.75, 3.05) is 6.61 Å². The minimum atomic E-state index is -0.279. The van der Waals surface area contributed by atoms with Crippen LogP contribution in [0.25, 0.3) is 0 Å². The van der Waals surface area contributed by atoms with E-state index < -0.39 is 0 Å². The Morgan fingerprint density at radius 2 is 2.00 bits per heavy atom. The number of aromatic hydroxyl groups is 2. The van der Waals surface area contributed by atoms with E-state index in [1.807, 2.05) is 0 Å². The van der Waals surface area contributed by atoms with Crippen molar-refractivity contribution in [2.24, 2.45) is 0 Å². The lowest BCUT2D eigenvalue weighted by Crippen LogP contribution is -2.07. The Morgan fingerprint density at radius 1 is 1.29 bits per heavy atom. The molecule has 0 radical (unpaired) electrons. The number of carbonyl (C=O) groups excluding carboxylic acids is 2. The molecule has 1 aromatic rings. The number of hydrogen-bond acceptors (Lipinski definition) is 6. The van der Waals surface area contributed by atoms with Gasteiger partial charge in [-0.05, 0) is 24.6 Å². The summed E-state index contributed by atoms with van der Waals surface area (Å²) in [5, 5.41) is 27.6. The Bertz CT molecular complexity index is 547. The summed E-state index contributed by atoms with van der Waals surface area (Å²) in [5.41, 5.74) is 0.841. The first kappa shape index (κ1) is 16.7. The maximum atomic E-state index is 11.5. The van der Waals surface area contributed by atoms with E-state index in [2.05, 4.69) is 0 Å². The van der Waals surface area contributed by atoms with Crippen LogP contribution in [-0.4, -0.2) is 34.0 Å². The van der Waals surface area contributed by atoms with Crippen LogP contribution < -0.4 is 0 Å². The van der Waals surface area contributed by atoms with Gasteiger partial charge >= 0.3 is 0 Å². The van der Waals surface area contributed by atoms with Gasteiger partial charge in [0.05, 0.1) is 6.42 Å². The molecule has 3 N–H and O–H groups in total. The number of hydrogen-bond donors (Lipinski definition) is 3. The molecule has 0 atom stereocenters. The molecular formula is C15H18O6. The predicted molar refractivity (Wildman–Crippen MR) is 74.7 cm³/mol. The van der Waals surface area contributed by atoms with Crippen LogP contribution in [0.2, 0.25) is 0 Å². The highest BCUT2D eigenvalue weighted by Gasteiger charge is 2.13. The van der Waals surface area contributed by atoms with Crippen molar-refractivity contribution >= 4 is 12.1 Å². The maximum absolute atomic E-state index is 11.5. The number of rotatable bonds is 8. The first-order valence-electron chi connectivity index (χ1n) is 6.40. The first-order chi connectivity index (χ1) is 9.99.